The van der Waals surface area contributed by atoms with E-state index >= 15 is 0 Å². The summed E-state index contributed by atoms with van der Waals surface area (Å²) < 4.78 is 0. The van der Waals surface area contributed by atoms with Gasteiger partial charge in [-0.1, -0.05) is 53.5 Å². The van der Waals surface area contributed by atoms with Gasteiger partial charge in [-0.3, -0.25) is 4.79 Å². The molecule has 1 unspecified atom stereocenters. The van der Waals surface area contributed by atoms with Crippen LogP contribution >= 0.6 is 23.2 Å². The van der Waals surface area contributed by atoms with Crippen LogP contribution < -0.4 is 5.32 Å². The number of fused-ring (bicyclic) bond motifs is 1. The van der Waals surface area contributed by atoms with Gasteiger partial charge in [0.05, 0.1) is 16.1 Å². The smallest absolute Gasteiger partial charge is 0.154 e. The van der Waals surface area contributed by atoms with Crippen molar-refractivity contribution in [1.29, 1.82) is 0 Å². The third-order valence-electron chi connectivity index (χ3n) is 3.83. The molecule has 0 spiro atoms. The standard InChI is InChI=1S/C17H15Cl2NO/c18-14-6-5-11(7-15(14)19)8-17(21)16-9-12-3-1-2-4-13(12)10-20-16/h1-7,16,20H,8-10H2. The molecule has 0 aliphatic carbocycles. The molecule has 0 saturated carbocycles. The molecule has 1 N–H and O–H groups in total. The van der Waals surface area contributed by atoms with E-state index in [1.807, 2.05) is 18.2 Å². The Morgan fingerprint density at radius 2 is 1.86 bits per heavy atom. The van der Waals surface area contributed by atoms with Gasteiger partial charge in [0.1, 0.15) is 0 Å². The predicted molar refractivity (Wildman–Crippen MR) is 85.9 cm³/mol. The van der Waals surface area contributed by atoms with Crippen molar-refractivity contribution in [2.45, 2.75) is 25.4 Å². The van der Waals surface area contributed by atoms with E-state index in [4.69, 9.17) is 23.2 Å². The maximum Gasteiger partial charge on any atom is 0.154 e. The number of benzene rings is 2. The molecular formula is C17H15Cl2NO. The summed E-state index contributed by atoms with van der Waals surface area (Å²) in [6.07, 6.45) is 1.12. The van der Waals surface area contributed by atoms with E-state index in [0.717, 1.165) is 18.5 Å². The molecule has 2 nitrogen and oxygen atoms in total. The Morgan fingerprint density at radius 1 is 1.10 bits per heavy atom. The topological polar surface area (TPSA) is 29.1 Å². The summed E-state index contributed by atoms with van der Waals surface area (Å²) >= 11 is 11.9. The van der Waals surface area contributed by atoms with Crippen LogP contribution in [-0.2, 0) is 24.2 Å². The van der Waals surface area contributed by atoms with Crippen molar-refractivity contribution >= 4 is 29.0 Å². The van der Waals surface area contributed by atoms with Crippen LogP contribution in [0.5, 0.6) is 0 Å². The zero-order valence-corrected chi connectivity index (χ0v) is 12.9. The lowest BCUT2D eigenvalue weighted by atomic mass is 9.91. The lowest BCUT2D eigenvalue weighted by Crippen LogP contribution is -2.42. The highest BCUT2D eigenvalue weighted by molar-refractivity contribution is 6.42. The van der Waals surface area contributed by atoms with Gasteiger partial charge in [0, 0.05) is 13.0 Å². The van der Waals surface area contributed by atoms with Gasteiger partial charge in [0.25, 0.3) is 0 Å². The maximum atomic E-state index is 12.4. The minimum absolute atomic E-state index is 0.130. The van der Waals surface area contributed by atoms with E-state index < -0.39 is 0 Å². The third kappa shape index (κ3) is 3.29. The van der Waals surface area contributed by atoms with E-state index in [1.54, 1.807) is 12.1 Å². The first-order chi connectivity index (χ1) is 10.1. The summed E-state index contributed by atoms with van der Waals surface area (Å²) in [5, 5.41) is 4.31. The zero-order chi connectivity index (χ0) is 14.8. The molecule has 1 heterocycles. The molecule has 0 bridgehead atoms. The monoisotopic (exact) mass is 319 g/mol. The zero-order valence-electron chi connectivity index (χ0n) is 11.4. The maximum absolute atomic E-state index is 12.4. The number of hydrogen-bond acceptors (Lipinski definition) is 2. The van der Waals surface area contributed by atoms with Crippen LogP contribution in [-0.4, -0.2) is 11.8 Å². The van der Waals surface area contributed by atoms with Gasteiger partial charge < -0.3 is 5.32 Å². The number of carbonyl (C=O) groups excluding carboxylic acids is 1. The molecule has 4 heteroatoms. The Morgan fingerprint density at radius 3 is 2.62 bits per heavy atom. The summed E-state index contributed by atoms with van der Waals surface area (Å²) in [6, 6.07) is 13.5. The van der Waals surface area contributed by atoms with Gasteiger partial charge >= 0.3 is 0 Å². The summed E-state index contributed by atoms with van der Waals surface area (Å²) in [7, 11) is 0. The second-order valence-electron chi connectivity index (χ2n) is 5.30. The lowest BCUT2D eigenvalue weighted by Gasteiger charge is -2.25. The van der Waals surface area contributed by atoms with Gasteiger partial charge in [0.15, 0.2) is 5.78 Å². The average Bonchev–Trinajstić information content (AvgIpc) is 2.50. The number of Topliss-reactive ketones (excluding diaryl/α,β-unsaturated/α-hetero) is 1. The van der Waals surface area contributed by atoms with E-state index in [1.165, 1.54) is 11.1 Å². The number of hydrogen-bond donors (Lipinski definition) is 1. The summed E-state index contributed by atoms with van der Waals surface area (Å²) in [5.41, 5.74) is 3.43. The van der Waals surface area contributed by atoms with E-state index in [-0.39, 0.29) is 11.8 Å². The van der Waals surface area contributed by atoms with Crippen molar-refractivity contribution in [3.05, 3.63) is 69.2 Å². The Balaban J connectivity index is 1.70. The SMILES string of the molecule is O=C(Cc1ccc(Cl)c(Cl)c1)C1Cc2ccccc2CN1. The minimum atomic E-state index is -0.130. The van der Waals surface area contributed by atoms with Gasteiger partial charge in [-0.05, 0) is 35.2 Å². The van der Waals surface area contributed by atoms with Crippen LogP contribution in [0.25, 0.3) is 0 Å². The van der Waals surface area contributed by atoms with Gasteiger partial charge in [0.2, 0.25) is 0 Å². The number of halogens is 2. The number of rotatable bonds is 3. The molecule has 0 saturated heterocycles. The highest BCUT2D eigenvalue weighted by atomic mass is 35.5. The first kappa shape index (κ1) is 14.6. The Hall–Kier alpha value is -1.35. The van der Waals surface area contributed by atoms with Crippen molar-refractivity contribution in [3.8, 4) is 0 Å². The van der Waals surface area contributed by atoms with Crippen LogP contribution in [0.15, 0.2) is 42.5 Å². The number of carbonyl (C=O) groups is 1. The Kier molecular flexibility index (Phi) is 4.29. The Labute approximate surface area is 134 Å². The molecule has 2 aromatic carbocycles. The van der Waals surface area contributed by atoms with Crippen LogP contribution in [0.3, 0.4) is 0 Å². The van der Waals surface area contributed by atoms with E-state index in [2.05, 4.69) is 17.4 Å². The molecule has 0 amide bonds. The molecular weight excluding hydrogens is 305 g/mol. The molecule has 0 aromatic heterocycles. The van der Waals surface area contributed by atoms with Crippen LogP contribution in [0, 0.1) is 0 Å². The second kappa shape index (κ2) is 6.18. The lowest BCUT2D eigenvalue weighted by molar-refractivity contribution is -0.120. The molecule has 1 aliphatic rings. The molecule has 3 rings (SSSR count). The van der Waals surface area contributed by atoms with Crippen LogP contribution in [0.4, 0.5) is 0 Å². The molecule has 108 valence electrons. The van der Waals surface area contributed by atoms with Crippen molar-refractivity contribution < 1.29 is 4.79 Å². The molecule has 0 fully saturated rings. The Bertz CT molecular complexity index is 684. The highest BCUT2D eigenvalue weighted by Gasteiger charge is 2.23. The van der Waals surface area contributed by atoms with Gasteiger partial charge in [-0.2, -0.15) is 0 Å². The van der Waals surface area contributed by atoms with Gasteiger partial charge in [-0.25, -0.2) is 0 Å². The second-order valence-corrected chi connectivity index (χ2v) is 6.11. The summed E-state index contributed by atoms with van der Waals surface area (Å²) in [5.74, 6) is 0.183. The van der Waals surface area contributed by atoms with Crippen LogP contribution in [0.1, 0.15) is 16.7 Å². The third-order valence-corrected chi connectivity index (χ3v) is 4.57. The summed E-state index contributed by atoms with van der Waals surface area (Å²) in [4.78, 5) is 12.4. The van der Waals surface area contributed by atoms with Crippen molar-refractivity contribution in [1.82, 2.24) is 5.32 Å². The fourth-order valence-electron chi connectivity index (χ4n) is 2.66. The van der Waals surface area contributed by atoms with Crippen molar-refractivity contribution in [2.75, 3.05) is 0 Å². The molecule has 1 aliphatic heterocycles. The molecule has 21 heavy (non-hydrogen) atoms. The molecule has 2 aromatic rings. The highest BCUT2D eigenvalue weighted by Crippen LogP contribution is 2.23. The van der Waals surface area contributed by atoms with Crippen LogP contribution in [0.2, 0.25) is 10.0 Å². The first-order valence-corrected chi connectivity index (χ1v) is 7.66. The number of ketones is 1. The van der Waals surface area contributed by atoms with Gasteiger partial charge in [-0.15, -0.1) is 0 Å². The normalized spacial score (nSPS) is 17.3. The molecule has 1 atom stereocenters. The minimum Gasteiger partial charge on any atom is -0.303 e. The quantitative estimate of drug-likeness (QED) is 0.931. The first-order valence-electron chi connectivity index (χ1n) is 6.90. The van der Waals surface area contributed by atoms with Crippen molar-refractivity contribution in [2.24, 2.45) is 0 Å². The van der Waals surface area contributed by atoms with E-state index in [0.29, 0.717) is 16.5 Å². The summed E-state index contributed by atoms with van der Waals surface area (Å²) in [6.45, 7) is 0.744. The predicted octanol–water partition coefficient (Wildman–Crippen LogP) is 3.82. The fraction of sp³-hybridized carbons (Fsp3) is 0.235. The largest absolute Gasteiger partial charge is 0.303 e. The fourth-order valence-corrected chi connectivity index (χ4v) is 2.98. The average molecular weight is 320 g/mol. The molecule has 0 radical (unpaired) electrons. The van der Waals surface area contributed by atoms with E-state index in [9.17, 15) is 4.79 Å². The number of nitrogens with one attached hydrogen (secondary N) is 1. The van der Waals surface area contributed by atoms with Crippen molar-refractivity contribution in [3.63, 3.8) is 0 Å².